The fourth-order valence-electron chi connectivity index (χ4n) is 2.91. The Morgan fingerprint density at radius 2 is 1.87 bits per heavy atom. The summed E-state index contributed by atoms with van der Waals surface area (Å²) in [4.78, 5) is 14.3. The molecule has 1 heterocycles. The lowest BCUT2D eigenvalue weighted by molar-refractivity contribution is 0.0690. The van der Waals surface area contributed by atoms with E-state index in [4.69, 9.17) is 5.73 Å². The molecule has 0 saturated carbocycles. The monoisotopic (exact) mass is 310 g/mol. The molecule has 3 aromatic rings. The molecule has 2 aromatic carbocycles. The standard InChI is InChI=1S/C18H18N2O3/c19-9-8-13-15-14(20-16(13)18(22)23)7-6-12(17(15)21)10-11-4-2-1-3-5-11/h1-7,20-21H,8-10,19H2,(H,22,23). The molecule has 3 rings (SSSR count). The first-order chi connectivity index (χ1) is 11.1. The molecule has 5 nitrogen and oxygen atoms in total. The minimum absolute atomic E-state index is 0.0950. The number of benzene rings is 2. The SMILES string of the molecule is NCCc1c(C(=O)O)[nH]c2ccc(Cc3ccccc3)c(O)c12. The number of phenols is 1. The number of phenolic OH excluding ortho intramolecular Hbond substituents is 1. The van der Waals surface area contributed by atoms with Crippen LogP contribution in [0, 0.1) is 0 Å². The molecule has 0 radical (unpaired) electrons. The first-order valence-corrected chi connectivity index (χ1v) is 7.44. The Bertz CT molecular complexity index is 854. The summed E-state index contributed by atoms with van der Waals surface area (Å²) in [5.41, 5.74) is 8.71. The van der Waals surface area contributed by atoms with Gasteiger partial charge in [0.2, 0.25) is 0 Å². The quantitative estimate of drug-likeness (QED) is 0.582. The van der Waals surface area contributed by atoms with Crippen LogP contribution in [0.2, 0.25) is 0 Å². The van der Waals surface area contributed by atoms with E-state index >= 15 is 0 Å². The molecule has 0 atom stereocenters. The number of rotatable bonds is 5. The van der Waals surface area contributed by atoms with Crippen molar-refractivity contribution in [2.24, 2.45) is 5.73 Å². The highest BCUT2D eigenvalue weighted by molar-refractivity contribution is 6.00. The lowest BCUT2D eigenvalue weighted by Crippen LogP contribution is -2.07. The van der Waals surface area contributed by atoms with Gasteiger partial charge < -0.3 is 20.9 Å². The van der Waals surface area contributed by atoms with Gasteiger partial charge in [0.1, 0.15) is 11.4 Å². The Hall–Kier alpha value is -2.79. The number of aromatic nitrogens is 1. The number of nitrogens with two attached hydrogens (primary N) is 1. The minimum atomic E-state index is -1.05. The van der Waals surface area contributed by atoms with Crippen LogP contribution in [-0.2, 0) is 12.8 Å². The number of fused-ring (bicyclic) bond motifs is 1. The maximum atomic E-state index is 11.4. The van der Waals surface area contributed by atoms with E-state index < -0.39 is 5.97 Å². The van der Waals surface area contributed by atoms with Gasteiger partial charge in [0.05, 0.1) is 5.52 Å². The van der Waals surface area contributed by atoms with Gasteiger partial charge in [0.15, 0.2) is 0 Å². The Kier molecular flexibility index (Phi) is 4.04. The molecule has 0 fully saturated rings. The Balaban J connectivity index is 2.14. The number of nitrogens with one attached hydrogen (secondary N) is 1. The number of aromatic amines is 1. The van der Waals surface area contributed by atoms with Gasteiger partial charge in [-0.15, -0.1) is 0 Å². The highest BCUT2D eigenvalue weighted by Gasteiger charge is 2.20. The zero-order chi connectivity index (χ0) is 16.4. The largest absolute Gasteiger partial charge is 0.507 e. The zero-order valence-corrected chi connectivity index (χ0v) is 12.5. The molecule has 0 unspecified atom stereocenters. The van der Waals surface area contributed by atoms with Gasteiger partial charge in [0, 0.05) is 11.8 Å². The van der Waals surface area contributed by atoms with Crippen molar-refractivity contribution in [2.45, 2.75) is 12.8 Å². The molecule has 118 valence electrons. The molecule has 0 aliphatic heterocycles. The first-order valence-electron chi connectivity index (χ1n) is 7.44. The summed E-state index contributed by atoms with van der Waals surface area (Å²) in [6.07, 6.45) is 0.974. The van der Waals surface area contributed by atoms with Crippen molar-refractivity contribution >= 4 is 16.9 Å². The second-order valence-corrected chi connectivity index (χ2v) is 5.48. The van der Waals surface area contributed by atoms with E-state index in [0.717, 1.165) is 11.1 Å². The number of carboxylic acids is 1. The van der Waals surface area contributed by atoms with Crippen LogP contribution in [0.25, 0.3) is 10.9 Å². The summed E-state index contributed by atoms with van der Waals surface area (Å²) in [5.74, 6) is -0.924. The topological polar surface area (TPSA) is 99.3 Å². The third-order valence-electron chi connectivity index (χ3n) is 3.97. The van der Waals surface area contributed by atoms with Crippen molar-refractivity contribution in [3.05, 3.63) is 64.8 Å². The summed E-state index contributed by atoms with van der Waals surface area (Å²) in [5, 5.41) is 20.6. The molecule has 5 N–H and O–H groups in total. The van der Waals surface area contributed by atoms with Gasteiger partial charge in [-0.25, -0.2) is 4.79 Å². The van der Waals surface area contributed by atoms with Gasteiger partial charge in [0.25, 0.3) is 0 Å². The highest BCUT2D eigenvalue weighted by atomic mass is 16.4. The smallest absolute Gasteiger partial charge is 0.352 e. The number of carbonyl (C=O) groups is 1. The van der Waals surface area contributed by atoms with Crippen LogP contribution in [0.15, 0.2) is 42.5 Å². The number of hydrogen-bond acceptors (Lipinski definition) is 3. The van der Waals surface area contributed by atoms with Crippen LogP contribution in [0.4, 0.5) is 0 Å². The van der Waals surface area contributed by atoms with Gasteiger partial charge in [-0.1, -0.05) is 36.4 Å². The van der Waals surface area contributed by atoms with Gasteiger partial charge in [-0.3, -0.25) is 0 Å². The third kappa shape index (κ3) is 2.78. The van der Waals surface area contributed by atoms with E-state index in [1.807, 2.05) is 36.4 Å². The zero-order valence-electron chi connectivity index (χ0n) is 12.5. The Morgan fingerprint density at radius 1 is 1.13 bits per heavy atom. The van der Waals surface area contributed by atoms with Crippen molar-refractivity contribution in [1.82, 2.24) is 4.98 Å². The highest BCUT2D eigenvalue weighted by Crippen LogP contribution is 2.35. The van der Waals surface area contributed by atoms with Crippen molar-refractivity contribution in [2.75, 3.05) is 6.54 Å². The van der Waals surface area contributed by atoms with E-state index in [1.54, 1.807) is 6.07 Å². The molecule has 0 aliphatic carbocycles. The van der Waals surface area contributed by atoms with Crippen LogP contribution in [-0.4, -0.2) is 27.7 Å². The number of H-pyrrole nitrogens is 1. The molecule has 0 bridgehead atoms. The summed E-state index contributed by atoms with van der Waals surface area (Å²) in [7, 11) is 0. The van der Waals surface area contributed by atoms with E-state index in [1.165, 1.54) is 0 Å². The molecule has 0 spiro atoms. The summed E-state index contributed by atoms with van der Waals surface area (Å²) in [6.45, 7) is 0.315. The van der Waals surface area contributed by atoms with Crippen molar-refractivity contribution < 1.29 is 15.0 Å². The van der Waals surface area contributed by atoms with E-state index in [-0.39, 0.29) is 11.4 Å². The first kappa shape index (κ1) is 15.1. The molecule has 23 heavy (non-hydrogen) atoms. The van der Waals surface area contributed by atoms with E-state index in [0.29, 0.717) is 35.9 Å². The number of aromatic hydroxyl groups is 1. The number of hydrogen-bond donors (Lipinski definition) is 4. The second kappa shape index (κ2) is 6.14. The second-order valence-electron chi connectivity index (χ2n) is 5.48. The van der Waals surface area contributed by atoms with Crippen LogP contribution in [0.1, 0.15) is 27.2 Å². The fourth-order valence-corrected chi connectivity index (χ4v) is 2.91. The average molecular weight is 310 g/mol. The lowest BCUT2D eigenvalue weighted by atomic mass is 9.99. The predicted octanol–water partition coefficient (Wildman–Crippen LogP) is 2.66. The maximum absolute atomic E-state index is 11.4. The fraction of sp³-hybridized carbons (Fsp3) is 0.167. The molecule has 1 aromatic heterocycles. The minimum Gasteiger partial charge on any atom is -0.507 e. The van der Waals surface area contributed by atoms with Crippen LogP contribution in [0.5, 0.6) is 5.75 Å². The van der Waals surface area contributed by atoms with E-state index in [2.05, 4.69) is 4.98 Å². The van der Waals surface area contributed by atoms with Gasteiger partial charge in [-0.2, -0.15) is 0 Å². The van der Waals surface area contributed by atoms with Gasteiger partial charge >= 0.3 is 5.97 Å². The van der Waals surface area contributed by atoms with Crippen molar-refractivity contribution in [1.29, 1.82) is 0 Å². The van der Waals surface area contributed by atoms with Gasteiger partial charge in [-0.05, 0) is 35.7 Å². The third-order valence-corrected chi connectivity index (χ3v) is 3.97. The molecule has 0 saturated heterocycles. The average Bonchev–Trinajstić information content (AvgIpc) is 2.91. The Morgan fingerprint density at radius 3 is 2.52 bits per heavy atom. The maximum Gasteiger partial charge on any atom is 0.352 e. The summed E-state index contributed by atoms with van der Waals surface area (Å²) in [6, 6.07) is 13.4. The predicted molar refractivity (Wildman–Crippen MR) is 88.9 cm³/mol. The van der Waals surface area contributed by atoms with Crippen molar-refractivity contribution in [3.63, 3.8) is 0 Å². The Labute approximate surface area is 133 Å². The van der Waals surface area contributed by atoms with Crippen LogP contribution in [0.3, 0.4) is 0 Å². The molecular formula is C18H18N2O3. The lowest BCUT2D eigenvalue weighted by Gasteiger charge is -2.08. The molecule has 5 heteroatoms. The number of aromatic carboxylic acids is 1. The summed E-state index contributed by atoms with van der Waals surface area (Å²) >= 11 is 0. The van der Waals surface area contributed by atoms with Crippen molar-refractivity contribution in [3.8, 4) is 5.75 Å². The molecule has 0 aliphatic rings. The molecule has 0 amide bonds. The summed E-state index contributed by atoms with van der Waals surface area (Å²) < 4.78 is 0. The van der Waals surface area contributed by atoms with Crippen LogP contribution >= 0.6 is 0 Å². The molecular weight excluding hydrogens is 292 g/mol. The van der Waals surface area contributed by atoms with Crippen LogP contribution < -0.4 is 5.73 Å². The van der Waals surface area contributed by atoms with E-state index in [9.17, 15) is 15.0 Å². The number of carboxylic acid groups (broad SMARTS) is 1. The normalized spacial score (nSPS) is 11.0.